The van der Waals surface area contributed by atoms with Gasteiger partial charge in [0.1, 0.15) is 0 Å². The molecule has 0 bridgehead atoms. The number of carbonyl (C=O) groups excluding carboxylic acids is 2. The zero-order valence-corrected chi connectivity index (χ0v) is 11.0. The third-order valence-corrected chi connectivity index (χ3v) is 2.93. The molecule has 0 saturated carbocycles. The van der Waals surface area contributed by atoms with E-state index in [1.807, 2.05) is 0 Å². The van der Waals surface area contributed by atoms with Crippen molar-refractivity contribution in [2.75, 3.05) is 33.4 Å². The molecule has 18 heavy (non-hydrogen) atoms. The maximum atomic E-state index is 11.9. The SMILES string of the molecule is CCCNC1COCC1C(=O)NCCC(=O)OC. The van der Waals surface area contributed by atoms with E-state index in [2.05, 4.69) is 22.3 Å². The van der Waals surface area contributed by atoms with E-state index in [4.69, 9.17) is 4.74 Å². The van der Waals surface area contributed by atoms with E-state index in [0.29, 0.717) is 19.8 Å². The predicted octanol–water partition coefficient (Wildman–Crippen LogP) is -0.320. The van der Waals surface area contributed by atoms with Gasteiger partial charge in [0, 0.05) is 12.6 Å². The van der Waals surface area contributed by atoms with E-state index < -0.39 is 0 Å². The molecule has 2 atom stereocenters. The molecule has 2 N–H and O–H groups in total. The molecule has 1 heterocycles. The van der Waals surface area contributed by atoms with Crippen LogP contribution < -0.4 is 10.6 Å². The maximum Gasteiger partial charge on any atom is 0.307 e. The van der Waals surface area contributed by atoms with Crippen molar-refractivity contribution in [1.82, 2.24) is 10.6 Å². The number of amides is 1. The van der Waals surface area contributed by atoms with Gasteiger partial charge in [-0.3, -0.25) is 9.59 Å². The van der Waals surface area contributed by atoms with E-state index in [9.17, 15) is 9.59 Å². The Morgan fingerprint density at radius 2 is 2.11 bits per heavy atom. The summed E-state index contributed by atoms with van der Waals surface area (Å²) in [5.41, 5.74) is 0. The van der Waals surface area contributed by atoms with Gasteiger partial charge in [-0.15, -0.1) is 0 Å². The van der Waals surface area contributed by atoms with Crippen molar-refractivity contribution in [3.05, 3.63) is 0 Å². The highest BCUT2D eigenvalue weighted by Gasteiger charge is 2.33. The van der Waals surface area contributed by atoms with Gasteiger partial charge >= 0.3 is 5.97 Å². The molecule has 1 rings (SSSR count). The fraction of sp³-hybridized carbons (Fsp3) is 0.833. The summed E-state index contributed by atoms with van der Waals surface area (Å²) in [4.78, 5) is 22.8. The molecule has 0 aliphatic carbocycles. The lowest BCUT2D eigenvalue weighted by Crippen LogP contribution is -2.44. The highest BCUT2D eigenvalue weighted by atomic mass is 16.5. The van der Waals surface area contributed by atoms with Crippen LogP contribution in [0.25, 0.3) is 0 Å². The van der Waals surface area contributed by atoms with Crippen LogP contribution in [0.1, 0.15) is 19.8 Å². The number of ether oxygens (including phenoxy) is 2. The van der Waals surface area contributed by atoms with Gasteiger partial charge in [-0.1, -0.05) is 6.92 Å². The van der Waals surface area contributed by atoms with Crippen molar-refractivity contribution in [3.8, 4) is 0 Å². The first-order chi connectivity index (χ1) is 8.69. The lowest BCUT2D eigenvalue weighted by Gasteiger charge is -2.18. The summed E-state index contributed by atoms with van der Waals surface area (Å²) in [6.07, 6.45) is 1.22. The van der Waals surface area contributed by atoms with Crippen molar-refractivity contribution in [2.45, 2.75) is 25.8 Å². The Balaban J connectivity index is 2.29. The molecule has 1 aliphatic rings. The number of hydrogen-bond donors (Lipinski definition) is 2. The quantitative estimate of drug-likeness (QED) is 0.612. The zero-order valence-electron chi connectivity index (χ0n) is 11.0. The van der Waals surface area contributed by atoms with Crippen molar-refractivity contribution in [1.29, 1.82) is 0 Å². The van der Waals surface area contributed by atoms with Crippen LogP contribution in [0.15, 0.2) is 0 Å². The number of esters is 1. The van der Waals surface area contributed by atoms with Crippen LogP contribution in [-0.4, -0.2) is 51.3 Å². The summed E-state index contributed by atoms with van der Waals surface area (Å²) in [6.45, 7) is 4.26. The Kier molecular flexibility index (Phi) is 6.67. The van der Waals surface area contributed by atoms with Gasteiger partial charge in [0.05, 0.1) is 32.7 Å². The van der Waals surface area contributed by atoms with Crippen molar-refractivity contribution in [2.24, 2.45) is 5.92 Å². The topological polar surface area (TPSA) is 76.7 Å². The predicted molar refractivity (Wildman–Crippen MR) is 66.0 cm³/mol. The second kappa shape index (κ2) is 8.05. The number of rotatable bonds is 7. The first-order valence-corrected chi connectivity index (χ1v) is 6.34. The Labute approximate surface area is 107 Å². The molecule has 1 aliphatic heterocycles. The molecule has 0 aromatic carbocycles. The Morgan fingerprint density at radius 1 is 1.33 bits per heavy atom. The minimum Gasteiger partial charge on any atom is -0.469 e. The fourth-order valence-electron chi connectivity index (χ4n) is 1.86. The second-order valence-corrected chi connectivity index (χ2v) is 4.32. The number of nitrogens with one attached hydrogen (secondary N) is 2. The maximum absolute atomic E-state index is 11.9. The molecule has 1 saturated heterocycles. The third kappa shape index (κ3) is 4.62. The van der Waals surface area contributed by atoms with E-state index in [0.717, 1.165) is 13.0 Å². The second-order valence-electron chi connectivity index (χ2n) is 4.32. The van der Waals surface area contributed by atoms with Crippen LogP contribution in [-0.2, 0) is 19.1 Å². The van der Waals surface area contributed by atoms with E-state index >= 15 is 0 Å². The van der Waals surface area contributed by atoms with Crippen molar-refractivity contribution >= 4 is 11.9 Å². The fourth-order valence-corrected chi connectivity index (χ4v) is 1.86. The average molecular weight is 258 g/mol. The summed E-state index contributed by atoms with van der Waals surface area (Å²) in [5, 5.41) is 6.03. The lowest BCUT2D eigenvalue weighted by molar-refractivity contribution is -0.140. The zero-order chi connectivity index (χ0) is 13.4. The first kappa shape index (κ1) is 14.9. The molecule has 0 spiro atoms. The monoisotopic (exact) mass is 258 g/mol. The molecule has 0 aromatic heterocycles. The van der Waals surface area contributed by atoms with Crippen LogP contribution in [0, 0.1) is 5.92 Å². The molecule has 2 unspecified atom stereocenters. The largest absolute Gasteiger partial charge is 0.469 e. The molecule has 104 valence electrons. The average Bonchev–Trinajstić information content (AvgIpc) is 2.84. The molecular weight excluding hydrogens is 236 g/mol. The van der Waals surface area contributed by atoms with E-state index in [-0.39, 0.29) is 30.3 Å². The van der Waals surface area contributed by atoms with Crippen LogP contribution in [0.3, 0.4) is 0 Å². The van der Waals surface area contributed by atoms with Crippen LogP contribution >= 0.6 is 0 Å². The van der Waals surface area contributed by atoms with Crippen LogP contribution in [0.2, 0.25) is 0 Å². The lowest BCUT2D eigenvalue weighted by atomic mass is 10.0. The van der Waals surface area contributed by atoms with Gasteiger partial charge in [0.2, 0.25) is 5.91 Å². The summed E-state index contributed by atoms with van der Waals surface area (Å²) in [7, 11) is 1.33. The number of methoxy groups -OCH3 is 1. The van der Waals surface area contributed by atoms with Gasteiger partial charge in [-0.05, 0) is 13.0 Å². The molecule has 6 nitrogen and oxygen atoms in total. The molecule has 1 amide bonds. The smallest absolute Gasteiger partial charge is 0.307 e. The molecule has 1 fully saturated rings. The van der Waals surface area contributed by atoms with Gasteiger partial charge < -0.3 is 20.1 Å². The van der Waals surface area contributed by atoms with E-state index in [1.54, 1.807) is 0 Å². The molecule has 0 radical (unpaired) electrons. The summed E-state index contributed by atoms with van der Waals surface area (Å²) in [5.74, 6) is -0.558. The highest BCUT2D eigenvalue weighted by Crippen LogP contribution is 2.13. The summed E-state index contributed by atoms with van der Waals surface area (Å²) in [6, 6.07) is 0.0723. The standard InChI is InChI=1S/C12H22N2O4/c1-3-5-13-10-8-18-7-9(10)12(16)14-6-4-11(15)17-2/h9-10,13H,3-8H2,1-2H3,(H,14,16). The Morgan fingerprint density at radius 3 is 2.78 bits per heavy atom. The van der Waals surface area contributed by atoms with Gasteiger partial charge in [-0.2, -0.15) is 0 Å². The van der Waals surface area contributed by atoms with Crippen molar-refractivity contribution in [3.63, 3.8) is 0 Å². The molecule has 0 aromatic rings. The minimum atomic E-state index is -0.321. The minimum absolute atomic E-state index is 0.0648. The summed E-state index contributed by atoms with van der Waals surface area (Å²) >= 11 is 0. The van der Waals surface area contributed by atoms with Gasteiger partial charge in [-0.25, -0.2) is 0 Å². The first-order valence-electron chi connectivity index (χ1n) is 6.34. The number of hydrogen-bond acceptors (Lipinski definition) is 5. The van der Waals surface area contributed by atoms with E-state index in [1.165, 1.54) is 7.11 Å². The van der Waals surface area contributed by atoms with Crippen LogP contribution in [0.5, 0.6) is 0 Å². The Bertz CT molecular complexity index is 283. The van der Waals surface area contributed by atoms with Gasteiger partial charge in [0.15, 0.2) is 0 Å². The molecular formula is C12H22N2O4. The third-order valence-electron chi connectivity index (χ3n) is 2.93. The normalized spacial score (nSPS) is 22.8. The summed E-state index contributed by atoms with van der Waals surface area (Å²) < 4.78 is 9.83. The van der Waals surface area contributed by atoms with Crippen molar-refractivity contribution < 1.29 is 19.1 Å². The number of carbonyl (C=O) groups is 2. The Hall–Kier alpha value is -1.14. The van der Waals surface area contributed by atoms with Gasteiger partial charge in [0.25, 0.3) is 0 Å². The highest BCUT2D eigenvalue weighted by molar-refractivity contribution is 5.80. The molecule has 6 heteroatoms. The van der Waals surface area contributed by atoms with Crippen LogP contribution in [0.4, 0.5) is 0 Å².